The zero-order valence-electron chi connectivity index (χ0n) is 18.8. The van der Waals surface area contributed by atoms with Crippen LogP contribution >= 0.6 is 0 Å². The lowest BCUT2D eigenvalue weighted by Gasteiger charge is -2.42. The van der Waals surface area contributed by atoms with Gasteiger partial charge in [0.1, 0.15) is 18.9 Å². The van der Waals surface area contributed by atoms with Gasteiger partial charge in [0.25, 0.3) is 0 Å². The number of carbonyl (C=O) groups excluding carboxylic acids is 1. The van der Waals surface area contributed by atoms with E-state index in [2.05, 4.69) is 16.0 Å². The van der Waals surface area contributed by atoms with Crippen molar-refractivity contribution >= 4 is 11.7 Å². The van der Waals surface area contributed by atoms with Crippen molar-refractivity contribution in [2.24, 2.45) is 5.73 Å². The van der Waals surface area contributed by atoms with Gasteiger partial charge in [-0.25, -0.2) is 9.97 Å². The molecule has 2 aliphatic heterocycles. The standard InChI is InChI=1S/C24H28N6O3/c1-17-11-23(28-24(27-17)29-9-8-26-15-29)30(10-4-2-3-5-19(30)13-22(25)31)14-18-6-7-20-21(12-18)33-16-32-20/h6-9,11-12,15,19H,2-5,10,13-14,16H2,1H3,(H-,25,31)/p+1. The fourth-order valence-corrected chi connectivity index (χ4v) is 5.10. The lowest BCUT2D eigenvalue weighted by Crippen LogP contribution is -2.57. The van der Waals surface area contributed by atoms with E-state index in [0.717, 1.165) is 60.8 Å². The number of aryl methyl sites for hydroxylation is 1. The molecule has 1 saturated heterocycles. The first kappa shape index (κ1) is 21.4. The molecule has 33 heavy (non-hydrogen) atoms. The minimum absolute atomic E-state index is 0.0281. The number of primary amides is 1. The molecule has 0 aliphatic carbocycles. The molecule has 1 amide bonds. The summed E-state index contributed by atoms with van der Waals surface area (Å²) in [5, 5.41) is 0. The molecule has 5 rings (SSSR count). The number of hydrogen-bond acceptors (Lipinski definition) is 6. The van der Waals surface area contributed by atoms with Crippen molar-refractivity contribution in [3.05, 3.63) is 54.2 Å². The Bertz CT molecular complexity index is 1150. The van der Waals surface area contributed by atoms with Gasteiger partial charge in [-0.15, -0.1) is 0 Å². The number of quaternary nitrogens is 1. The molecule has 2 aliphatic rings. The van der Waals surface area contributed by atoms with Crippen LogP contribution in [-0.2, 0) is 11.3 Å². The van der Waals surface area contributed by atoms with Crippen LogP contribution in [0.4, 0.5) is 5.82 Å². The third-order valence-electron chi connectivity index (χ3n) is 6.65. The van der Waals surface area contributed by atoms with Crippen molar-refractivity contribution in [3.63, 3.8) is 0 Å². The van der Waals surface area contributed by atoms with Crippen LogP contribution in [0.2, 0.25) is 0 Å². The maximum absolute atomic E-state index is 12.2. The van der Waals surface area contributed by atoms with Gasteiger partial charge in [-0.3, -0.25) is 13.8 Å². The van der Waals surface area contributed by atoms with E-state index in [1.165, 1.54) is 0 Å². The van der Waals surface area contributed by atoms with Crippen molar-refractivity contribution < 1.29 is 14.3 Å². The number of benzene rings is 1. The number of amides is 1. The van der Waals surface area contributed by atoms with Crippen LogP contribution in [0.15, 0.2) is 43.0 Å². The molecular formula is C24H29N6O3+. The summed E-state index contributed by atoms with van der Waals surface area (Å²) in [5.41, 5.74) is 7.72. The first-order valence-corrected chi connectivity index (χ1v) is 11.4. The van der Waals surface area contributed by atoms with Gasteiger partial charge in [-0.2, -0.15) is 4.98 Å². The summed E-state index contributed by atoms with van der Waals surface area (Å²) < 4.78 is 13.5. The largest absolute Gasteiger partial charge is 0.454 e. The van der Waals surface area contributed by atoms with Gasteiger partial charge in [0.2, 0.25) is 24.5 Å². The van der Waals surface area contributed by atoms with Crippen molar-refractivity contribution in [3.8, 4) is 17.4 Å². The number of hydrogen-bond donors (Lipinski definition) is 1. The van der Waals surface area contributed by atoms with Crippen LogP contribution in [0.1, 0.15) is 43.4 Å². The van der Waals surface area contributed by atoms with Gasteiger partial charge in [0.15, 0.2) is 11.5 Å². The molecule has 0 radical (unpaired) electrons. The average molecular weight is 450 g/mol. The maximum Gasteiger partial charge on any atom is 0.240 e. The molecule has 172 valence electrons. The molecule has 4 heterocycles. The number of likely N-dealkylation sites (tertiary alicyclic amines) is 1. The van der Waals surface area contributed by atoms with Crippen LogP contribution in [0, 0.1) is 6.92 Å². The minimum atomic E-state index is -0.282. The van der Waals surface area contributed by atoms with Gasteiger partial charge in [0.05, 0.1) is 13.0 Å². The summed E-state index contributed by atoms with van der Waals surface area (Å²) in [6.45, 7) is 3.76. The fraction of sp³-hybridized carbons (Fsp3) is 0.417. The molecule has 9 nitrogen and oxygen atoms in total. The molecule has 1 aromatic carbocycles. The lowest BCUT2D eigenvalue weighted by molar-refractivity contribution is -0.119. The van der Waals surface area contributed by atoms with Crippen molar-refractivity contribution in [1.29, 1.82) is 0 Å². The number of ether oxygens (including phenoxy) is 2. The fourth-order valence-electron chi connectivity index (χ4n) is 5.10. The number of nitrogens with two attached hydrogens (primary N) is 1. The Kier molecular flexibility index (Phi) is 5.72. The van der Waals surface area contributed by atoms with E-state index in [4.69, 9.17) is 20.2 Å². The average Bonchev–Trinajstić information content (AvgIpc) is 3.45. The number of imidazole rings is 1. The highest BCUT2D eigenvalue weighted by atomic mass is 16.7. The Hall–Kier alpha value is -3.46. The molecule has 2 N–H and O–H groups in total. The highest BCUT2D eigenvalue weighted by molar-refractivity contribution is 5.74. The molecule has 0 saturated carbocycles. The molecule has 9 heteroatoms. The summed E-state index contributed by atoms with van der Waals surface area (Å²) >= 11 is 0. The second kappa shape index (κ2) is 8.82. The topological polar surface area (TPSA) is 105 Å². The Morgan fingerprint density at radius 1 is 1.18 bits per heavy atom. The summed E-state index contributed by atoms with van der Waals surface area (Å²) in [6.07, 6.45) is 9.71. The number of carbonyl (C=O) groups is 1. The summed E-state index contributed by atoms with van der Waals surface area (Å²) in [6, 6.07) is 8.15. The van der Waals surface area contributed by atoms with E-state index >= 15 is 0 Å². The molecular weight excluding hydrogens is 420 g/mol. The molecule has 0 spiro atoms. The summed E-state index contributed by atoms with van der Waals surface area (Å²) in [4.78, 5) is 26.0. The maximum atomic E-state index is 12.2. The highest BCUT2D eigenvalue weighted by Crippen LogP contribution is 2.38. The molecule has 2 unspecified atom stereocenters. The molecule has 2 atom stereocenters. The zero-order valence-corrected chi connectivity index (χ0v) is 18.8. The highest BCUT2D eigenvalue weighted by Gasteiger charge is 2.43. The summed E-state index contributed by atoms with van der Waals surface area (Å²) in [5.74, 6) is 2.71. The number of rotatable bonds is 6. The van der Waals surface area contributed by atoms with E-state index in [0.29, 0.717) is 23.4 Å². The normalized spacial score (nSPS) is 22.2. The van der Waals surface area contributed by atoms with Crippen LogP contribution in [0.25, 0.3) is 5.95 Å². The molecule has 0 bridgehead atoms. The van der Waals surface area contributed by atoms with Crippen LogP contribution in [0.3, 0.4) is 0 Å². The molecule has 3 aromatic rings. The smallest absolute Gasteiger partial charge is 0.240 e. The first-order valence-electron chi connectivity index (χ1n) is 11.4. The predicted octanol–water partition coefficient (Wildman–Crippen LogP) is 3.02. The first-order chi connectivity index (χ1) is 16.0. The number of fused-ring (bicyclic) bond motifs is 1. The number of nitrogens with zero attached hydrogens (tertiary/aromatic N) is 5. The second-order valence-corrected chi connectivity index (χ2v) is 8.91. The quantitative estimate of drug-likeness (QED) is 0.580. The Morgan fingerprint density at radius 2 is 2.06 bits per heavy atom. The van der Waals surface area contributed by atoms with Gasteiger partial charge >= 0.3 is 0 Å². The third-order valence-corrected chi connectivity index (χ3v) is 6.65. The monoisotopic (exact) mass is 449 g/mol. The molecule has 1 fully saturated rings. The lowest BCUT2D eigenvalue weighted by atomic mass is 10.0. The SMILES string of the molecule is Cc1cc([N+]2(Cc3ccc4c(c3)OCO4)CCCCCC2CC(N)=O)nc(-n2ccnc2)n1. The van der Waals surface area contributed by atoms with Gasteiger partial charge in [-0.05, 0) is 44.4 Å². The van der Waals surface area contributed by atoms with Gasteiger partial charge in [-0.1, -0.05) is 0 Å². The van der Waals surface area contributed by atoms with E-state index in [-0.39, 0.29) is 18.7 Å². The Morgan fingerprint density at radius 3 is 2.88 bits per heavy atom. The second-order valence-electron chi connectivity index (χ2n) is 8.91. The van der Waals surface area contributed by atoms with Crippen LogP contribution < -0.4 is 19.7 Å². The van der Waals surface area contributed by atoms with E-state index in [1.54, 1.807) is 12.5 Å². The third kappa shape index (κ3) is 4.28. The van der Waals surface area contributed by atoms with Gasteiger partial charge in [0, 0.05) is 36.1 Å². The van der Waals surface area contributed by atoms with E-state index in [9.17, 15) is 4.79 Å². The zero-order chi connectivity index (χ0) is 22.8. The van der Waals surface area contributed by atoms with Crippen LogP contribution in [-0.4, -0.2) is 44.8 Å². The van der Waals surface area contributed by atoms with Gasteiger partial charge < -0.3 is 15.2 Å². The predicted molar refractivity (Wildman–Crippen MR) is 123 cm³/mol. The van der Waals surface area contributed by atoms with E-state index in [1.807, 2.05) is 35.9 Å². The van der Waals surface area contributed by atoms with Crippen molar-refractivity contribution in [2.45, 2.75) is 51.6 Å². The molecule has 2 aromatic heterocycles. The minimum Gasteiger partial charge on any atom is -0.454 e. The Balaban J connectivity index is 1.64. The van der Waals surface area contributed by atoms with Crippen LogP contribution in [0.5, 0.6) is 11.5 Å². The Labute approximate surface area is 192 Å². The van der Waals surface area contributed by atoms with E-state index < -0.39 is 0 Å². The summed E-state index contributed by atoms with van der Waals surface area (Å²) in [7, 11) is 0. The number of aromatic nitrogens is 4. The van der Waals surface area contributed by atoms with Crippen molar-refractivity contribution in [2.75, 3.05) is 13.3 Å². The van der Waals surface area contributed by atoms with Crippen molar-refractivity contribution in [1.82, 2.24) is 24.0 Å².